The normalized spacial score (nSPS) is 10.9. The van der Waals surface area contributed by atoms with Gasteiger partial charge in [0, 0.05) is 12.6 Å². The quantitative estimate of drug-likeness (QED) is 0.798. The maximum atomic E-state index is 13.6. The molecule has 0 aliphatic carbocycles. The molecule has 1 rings (SSSR count). The highest BCUT2D eigenvalue weighted by Gasteiger charge is 2.23. The predicted octanol–water partition coefficient (Wildman–Crippen LogP) is 1.03. The zero-order valence-corrected chi connectivity index (χ0v) is 11.6. The molecule has 0 saturated heterocycles. The molecular formula is C12H14F2N2O3S. The van der Waals surface area contributed by atoms with E-state index in [2.05, 4.69) is 11.9 Å². The zero-order valence-electron chi connectivity index (χ0n) is 10.8. The van der Waals surface area contributed by atoms with Gasteiger partial charge in [-0.3, -0.25) is 9.10 Å². The number of nitrogens with zero attached hydrogens (tertiary/aromatic N) is 1. The van der Waals surface area contributed by atoms with Crippen molar-refractivity contribution in [1.82, 2.24) is 5.32 Å². The van der Waals surface area contributed by atoms with Crippen LogP contribution >= 0.6 is 0 Å². The average molecular weight is 304 g/mol. The number of nitrogens with one attached hydrogen (secondary N) is 1. The molecule has 0 heterocycles. The summed E-state index contributed by atoms with van der Waals surface area (Å²) in [6, 6.07) is 2.43. The summed E-state index contributed by atoms with van der Waals surface area (Å²) in [7, 11) is -3.89. The molecule has 1 N–H and O–H groups in total. The van der Waals surface area contributed by atoms with Gasteiger partial charge in [0.05, 0.1) is 11.9 Å². The number of carbonyl (C=O) groups excluding carboxylic acids is 1. The Hall–Kier alpha value is -1.96. The van der Waals surface area contributed by atoms with Gasteiger partial charge in [0.25, 0.3) is 0 Å². The molecule has 5 nitrogen and oxygen atoms in total. The van der Waals surface area contributed by atoms with Gasteiger partial charge < -0.3 is 5.32 Å². The van der Waals surface area contributed by atoms with Crippen LogP contribution in [0, 0.1) is 11.6 Å². The molecule has 0 saturated carbocycles. The number of amides is 1. The Morgan fingerprint density at radius 3 is 2.60 bits per heavy atom. The first-order valence-corrected chi connectivity index (χ1v) is 7.41. The first-order valence-electron chi connectivity index (χ1n) is 5.56. The van der Waals surface area contributed by atoms with Crippen LogP contribution in [-0.4, -0.2) is 33.7 Å². The number of halogens is 2. The van der Waals surface area contributed by atoms with E-state index in [9.17, 15) is 22.0 Å². The molecule has 1 aromatic rings. The van der Waals surface area contributed by atoms with E-state index >= 15 is 0 Å². The number of sulfonamides is 1. The molecule has 0 aromatic heterocycles. The summed E-state index contributed by atoms with van der Waals surface area (Å²) in [6.07, 6.45) is 2.25. The lowest BCUT2D eigenvalue weighted by atomic mass is 10.3. The fourth-order valence-corrected chi connectivity index (χ4v) is 2.29. The van der Waals surface area contributed by atoms with Gasteiger partial charge in [0.15, 0.2) is 0 Å². The Balaban J connectivity index is 3.08. The summed E-state index contributed by atoms with van der Waals surface area (Å²) >= 11 is 0. The van der Waals surface area contributed by atoms with Crippen molar-refractivity contribution in [3.05, 3.63) is 42.5 Å². The van der Waals surface area contributed by atoms with Crippen molar-refractivity contribution in [2.24, 2.45) is 0 Å². The third-order valence-corrected chi connectivity index (χ3v) is 3.44. The van der Waals surface area contributed by atoms with Crippen LogP contribution in [0.3, 0.4) is 0 Å². The number of carbonyl (C=O) groups is 1. The highest BCUT2D eigenvalue weighted by molar-refractivity contribution is 7.92. The molecule has 0 spiro atoms. The van der Waals surface area contributed by atoms with Crippen LogP contribution in [0.1, 0.15) is 0 Å². The van der Waals surface area contributed by atoms with Crippen molar-refractivity contribution < 1.29 is 22.0 Å². The van der Waals surface area contributed by atoms with Gasteiger partial charge in [-0.05, 0) is 12.1 Å². The van der Waals surface area contributed by atoms with Gasteiger partial charge >= 0.3 is 0 Å². The Morgan fingerprint density at radius 2 is 2.10 bits per heavy atom. The molecule has 0 aliphatic rings. The summed E-state index contributed by atoms with van der Waals surface area (Å²) in [5.74, 6) is -2.53. The summed E-state index contributed by atoms with van der Waals surface area (Å²) in [5, 5.41) is 2.38. The number of hydrogen-bond donors (Lipinski definition) is 1. The number of anilines is 1. The fraction of sp³-hybridized carbons (Fsp3) is 0.250. The fourth-order valence-electron chi connectivity index (χ4n) is 1.44. The third-order valence-electron chi connectivity index (χ3n) is 2.31. The van der Waals surface area contributed by atoms with Crippen molar-refractivity contribution in [2.45, 2.75) is 0 Å². The van der Waals surface area contributed by atoms with Crippen LogP contribution in [0.5, 0.6) is 0 Å². The van der Waals surface area contributed by atoms with E-state index in [4.69, 9.17) is 0 Å². The van der Waals surface area contributed by atoms with Gasteiger partial charge in [0.1, 0.15) is 18.2 Å². The monoisotopic (exact) mass is 304 g/mol. The zero-order chi connectivity index (χ0) is 15.3. The van der Waals surface area contributed by atoms with Crippen LogP contribution < -0.4 is 9.62 Å². The third kappa shape index (κ3) is 4.30. The van der Waals surface area contributed by atoms with E-state index in [1.807, 2.05) is 0 Å². The molecule has 20 heavy (non-hydrogen) atoms. The maximum Gasteiger partial charge on any atom is 0.241 e. The molecule has 0 bridgehead atoms. The van der Waals surface area contributed by atoms with Gasteiger partial charge in [-0.2, -0.15) is 0 Å². The molecule has 0 fully saturated rings. The smallest absolute Gasteiger partial charge is 0.241 e. The van der Waals surface area contributed by atoms with Crippen molar-refractivity contribution in [3.63, 3.8) is 0 Å². The predicted molar refractivity (Wildman–Crippen MR) is 71.8 cm³/mol. The number of rotatable bonds is 6. The minimum Gasteiger partial charge on any atom is -0.351 e. The molecular weight excluding hydrogens is 290 g/mol. The van der Waals surface area contributed by atoms with E-state index in [0.29, 0.717) is 10.4 Å². The topological polar surface area (TPSA) is 66.5 Å². The standard InChI is InChI=1S/C12H14F2N2O3S/c1-3-6-15-12(17)8-16(20(2,18)19)11-5-4-9(13)7-10(11)14/h3-5,7H,1,6,8H2,2H3,(H,15,17). The minimum atomic E-state index is -3.89. The van der Waals surface area contributed by atoms with Crippen molar-refractivity contribution in [3.8, 4) is 0 Å². The van der Waals surface area contributed by atoms with Crippen molar-refractivity contribution in [1.29, 1.82) is 0 Å². The maximum absolute atomic E-state index is 13.6. The van der Waals surface area contributed by atoms with Crippen LogP contribution in [0.4, 0.5) is 14.5 Å². The second-order valence-corrected chi connectivity index (χ2v) is 5.86. The Kier molecular flexibility index (Phi) is 5.20. The lowest BCUT2D eigenvalue weighted by molar-refractivity contribution is -0.119. The number of benzene rings is 1. The van der Waals surface area contributed by atoms with Crippen LogP contribution in [-0.2, 0) is 14.8 Å². The Labute approximate surface area is 115 Å². The second kappa shape index (κ2) is 6.47. The Morgan fingerprint density at radius 1 is 1.45 bits per heavy atom. The van der Waals surface area contributed by atoms with Crippen molar-refractivity contribution >= 4 is 21.6 Å². The minimum absolute atomic E-state index is 0.155. The van der Waals surface area contributed by atoms with Crippen molar-refractivity contribution in [2.75, 3.05) is 23.7 Å². The summed E-state index contributed by atoms with van der Waals surface area (Å²) < 4.78 is 50.3. The molecule has 8 heteroatoms. The summed E-state index contributed by atoms with van der Waals surface area (Å²) in [6.45, 7) is 2.95. The molecule has 0 radical (unpaired) electrons. The summed E-state index contributed by atoms with van der Waals surface area (Å²) in [4.78, 5) is 11.5. The van der Waals surface area contributed by atoms with Crippen LogP contribution in [0.15, 0.2) is 30.9 Å². The number of hydrogen-bond acceptors (Lipinski definition) is 3. The SMILES string of the molecule is C=CCNC(=O)CN(c1ccc(F)cc1F)S(C)(=O)=O. The molecule has 110 valence electrons. The van der Waals surface area contributed by atoms with Gasteiger partial charge in [0.2, 0.25) is 15.9 Å². The van der Waals surface area contributed by atoms with E-state index in [0.717, 1.165) is 18.4 Å². The molecule has 0 aliphatic heterocycles. The van der Waals surface area contributed by atoms with E-state index < -0.39 is 34.1 Å². The molecule has 1 amide bonds. The van der Waals surface area contributed by atoms with E-state index in [-0.39, 0.29) is 12.2 Å². The van der Waals surface area contributed by atoms with E-state index in [1.54, 1.807) is 0 Å². The highest BCUT2D eigenvalue weighted by atomic mass is 32.2. The summed E-state index contributed by atoms with van der Waals surface area (Å²) in [5.41, 5.74) is -0.386. The largest absolute Gasteiger partial charge is 0.351 e. The van der Waals surface area contributed by atoms with Gasteiger partial charge in [-0.15, -0.1) is 6.58 Å². The first-order chi connectivity index (χ1) is 9.25. The van der Waals surface area contributed by atoms with Gasteiger partial charge in [-0.25, -0.2) is 17.2 Å². The van der Waals surface area contributed by atoms with Crippen LogP contribution in [0.25, 0.3) is 0 Å². The molecule has 0 unspecified atom stereocenters. The lowest BCUT2D eigenvalue weighted by Gasteiger charge is -2.22. The highest BCUT2D eigenvalue weighted by Crippen LogP contribution is 2.22. The van der Waals surface area contributed by atoms with Crippen LogP contribution in [0.2, 0.25) is 0 Å². The Bertz CT molecular complexity index is 617. The lowest BCUT2D eigenvalue weighted by Crippen LogP contribution is -2.40. The van der Waals surface area contributed by atoms with Gasteiger partial charge in [-0.1, -0.05) is 6.08 Å². The molecule has 0 atom stereocenters. The second-order valence-electron chi connectivity index (χ2n) is 3.96. The van der Waals surface area contributed by atoms with E-state index in [1.165, 1.54) is 6.08 Å². The average Bonchev–Trinajstić information content (AvgIpc) is 2.33. The first kappa shape index (κ1) is 16.1. The molecule has 1 aromatic carbocycles.